The summed E-state index contributed by atoms with van der Waals surface area (Å²) in [7, 11) is 0. The molecule has 1 saturated carbocycles. The minimum Gasteiger partial charge on any atom is -0.361 e. The highest BCUT2D eigenvalue weighted by molar-refractivity contribution is 5.75. The largest absolute Gasteiger partial charge is 0.361 e. The lowest BCUT2D eigenvalue weighted by Crippen LogP contribution is -2.22. The first-order chi connectivity index (χ1) is 12.1. The summed E-state index contributed by atoms with van der Waals surface area (Å²) in [5.74, 6) is 0.640. The molecule has 1 N–H and O–H groups in total. The van der Waals surface area contributed by atoms with Crippen molar-refractivity contribution in [3.63, 3.8) is 0 Å². The number of benzene rings is 1. The number of anilines is 3. The third kappa shape index (κ3) is 3.70. The first-order valence-electron chi connectivity index (χ1n) is 8.70. The summed E-state index contributed by atoms with van der Waals surface area (Å²) in [5, 5.41) is 15.0. The van der Waals surface area contributed by atoms with Gasteiger partial charge in [-0.05, 0) is 44.4 Å². The lowest BCUT2D eigenvalue weighted by atomic mass is 10.2. The average Bonchev–Trinajstić information content (AvgIpc) is 3.08. The molecule has 1 aromatic heterocycles. The van der Waals surface area contributed by atoms with Crippen molar-refractivity contribution in [3.05, 3.63) is 46.3 Å². The quantitative estimate of drug-likeness (QED) is 0.626. The summed E-state index contributed by atoms with van der Waals surface area (Å²) in [5.41, 5.74) is 1.92. The molecule has 0 aliphatic heterocycles. The molecule has 0 unspecified atom stereocenters. The Bertz CT molecular complexity index is 759. The van der Waals surface area contributed by atoms with Crippen molar-refractivity contribution in [1.29, 1.82) is 0 Å². The van der Waals surface area contributed by atoms with Gasteiger partial charge < -0.3 is 10.2 Å². The Balaban J connectivity index is 2.03. The van der Waals surface area contributed by atoms with E-state index in [1.165, 1.54) is 6.33 Å². The Kier molecular flexibility index (Phi) is 5.11. The lowest BCUT2D eigenvalue weighted by molar-refractivity contribution is -0.383. The third-order valence-corrected chi connectivity index (χ3v) is 4.57. The number of aryl methyl sites for hydroxylation is 1. The summed E-state index contributed by atoms with van der Waals surface area (Å²) in [6.45, 7) is 4.53. The number of nitrogens with zero attached hydrogens (tertiary/aromatic N) is 4. The molecule has 0 radical (unpaired) electrons. The lowest BCUT2D eigenvalue weighted by Gasteiger charge is -2.23. The van der Waals surface area contributed by atoms with Gasteiger partial charge in [0.15, 0.2) is 0 Å². The van der Waals surface area contributed by atoms with E-state index in [9.17, 15) is 10.1 Å². The third-order valence-electron chi connectivity index (χ3n) is 4.57. The molecule has 1 fully saturated rings. The molecule has 1 aromatic carbocycles. The first-order valence-corrected chi connectivity index (χ1v) is 8.70. The fraction of sp³-hybridized carbons (Fsp3) is 0.444. The van der Waals surface area contributed by atoms with Crippen LogP contribution in [0.4, 0.5) is 23.0 Å². The molecule has 0 atom stereocenters. The van der Waals surface area contributed by atoms with E-state index < -0.39 is 0 Å². The van der Waals surface area contributed by atoms with Crippen LogP contribution in [0.5, 0.6) is 0 Å². The minimum atomic E-state index is -0.384. The zero-order valence-electron chi connectivity index (χ0n) is 14.6. The molecule has 0 amide bonds. The summed E-state index contributed by atoms with van der Waals surface area (Å²) in [6.07, 6.45) is 5.73. The van der Waals surface area contributed by atoms with Gasteiger partial charge >= 0.3 is 5.69 Å². The molecule has 1 heterocycles. The zero-order chi connectivity index (χ0) is 17.8. The topological polar surface area (TPSA) is 84.2 Å². The van der Waals surface area contributed by atoms with E-state index >= 15 is 0 Å². The number of nitrogens with one attached hydrogen (secondary N) is 1. The maximum Gasteiger partial charge on any atom is 0.353 e. The minimum absolute atomic E-state index is 0.0576. The van der Waals surface area contributed by atoms with E-state index in [-0.39, 0.29) is 16.7 Å². The standard InChI is InChI=1S/C18H23N5O2/c1-3-22(15-10-6-7-13(2)11-15)18-16(23(24)25)17(19-12-20-18)21-14-8-4-5-9-14/h6-7,10-12,14H,3-5,8-9H2,1-2H3,(H,19,20,21). The molecule has 0 saturated heterocycles. The van der Waals surface area contributed by atoms with E-state index in [1.54, 1.807) is 0 Å². The van der Waals surface area contributed by atoms with Crippen LogP contribution in [0.3, 0.4) is 0 Å². The molecule has 7 nitrogen and oxygen atoms in total. The summed E-state index contributed by atoms with van der Waals surface area (Å²) in [4.78, 5) is 21.7. The maximum absolute atomic E-state index is 11.8. The maximum atomic E-state index is 11.8. The fourth-order valence-electron chi connectivity index (χ4n) is 3.35. The van der Waals surface area contributed by atoms with Crippen molar-refractivity contribution in [2.45, 2.75) is 45.6 Å². The van der Waals surface area contributed by atoms with E-state index in [0.717, 1.165) is 36.9 Å². The molecule has 132 valence electrons. The molecule has 3 rings (SSSR count). The monoisotopic (exact) mass is 341 g/mol. The van der Waals surface area contributed by atoms with Gasteiger partial charge in [-0.1, -0.05) is 25.0 Å². The van der Waals surface area contributed by atoms with Gasteiger partial charge in [-0.3, -0.25) is 10.1 Å². The Morgan fingerprint density at radius 2 is 2.08 bits per heavy atom. The van der Waals surface area contributed by atoms with Gasteiger partial charge in [-0.25, -0.2) is 9.97 Å². The predicted molar refractivity (Wildman–Crippen MR) is 98.4 cm³/mol. The van der Waals surface area contributed by atoms with Crippen LogP contribution in [0.25, 0.3) is 0 Å². The van der Waals surface area contributed by atoms with Crippen molar-refractivity contribution in [1.82, 2.24) is 9.97 Å². The summed E-state index contributed by atoms with van der Waals surface area (Å²) >= 11 is 0. The second-order valence-electron chi connectivity index (χ2n) is 6.36. The zero-order valence-corrected chi connectivity index (χ0v) is 14.6. The highest BCUT2D eigenvalue weighted by atomic mass is 16.6. The first kappa shape index (κ1) is 17.1. The van der Waals surface area contributed by atoms with E-state index in [1.807, 2.05) is 43.0 Å². The van der Waals surface area contributed by atoms with Crippen molar-refractivity contribution in [2.75, 3.05) is 16.8 Å². The Morgan fingerprint density at radius 3 is 2.72 bits per heavy atom. The summed E-state index contributed by atoms with van der Waals surface area (Å²) in [6, 6.07) is 8.12. The number of aromatic nitrogens is 2. The van der Waals surface area contributed by atoms with E-state index in [0.29, 0.717) is 18.2 Å². The molecule has 0 spiro atoms. The fourth-order valence-corrected chi connectivity index (χ4v) is 3.35. The molecule has 1 aliphatic rings. The highest BCUT2D eigenvalue weighted by Gasteiger charge is 2.29. The highest BCUT2D eigenvalue weighted by Crippen LogP contribution is 2.37. The van der Waals surface area contributed by atoms with Gasteiger partial charge in [-0.2, -0.15) is 0 Å². The van der Waals surface area contributed by atoms with Crippen LogP contribution >= 0.6 is 0 Å². The van der Waals surface area contributed by atoms with Crippen LogP contribution in [-0.2, 0) is 0 Å². The van der Waals surface area contributed by atoms with E-state index in [4.69, 9.17) is 0 Å². The Morgan fingerprint density at radius 1 is 1.32 bits per heavy atom. The molecule has 25 heavy (non-hydrogen) atoms. The van der Waals surface area contributed by atoms with Crippen LogP contribution in [0.2, 0.25) is 0 Å². The molecule has 7 heteroatoms. The average molecular weight is 341 g/mol. The normalized spacial score (nSPS) is 14.5. The van der Waals surface area contributed by atoms with Gasteiger partial charge in [0.2, 0.25) is 11.6 Å². The van der Waals surface area contributed by atoms with Gasteiger partial charge in [0.05, 0.1) is 4.92 Å². The predicted octanol–water partition coefficient (Wildman–Crippen LogP) is 4.21. The van der Waals surface area contributed by atoms with Gasteiger partial charge in [0.25, 0.3) is 0 Å². The van der Waals surface area contributed by atoms with Crippen LogP contribution in [0.1, 0.15) is 38.2 Å². The molecule has 2 aromatic rings. The SMILES string of the molecule is CCN(c1cccc(C)c1)c1ncnc(NC2CCCC2)c1[N+](=O)[O-]. The molecule has 0 bridgehead atoms. The molecular weight excluding hydrogens is 318 g/mol. The molecule has 1 aliphatic carbocycles. The number of nitro groups is 1. The van der Waals surface area contributed by atoms with Gasteiger partial charge in [0.1, 0.15) is 6.33 Å². The van der Waals surface area contributed by atoms with Gasteiger partial charge in [0, 0.05) is 18.3 Å². The van der Waals surface area contributed by atoms with Crippen LogP contribution < -0.4 is 10.2 Å². The Hall–Kier alpha value is -2.70. The van der Waals surface area contributed by atoms with Crippen LogP contribution in [-0.4, -0.2) is 27.5 Å². The smallest absolute Gasteiger partial charge is 0.353 e. The van der Waals surface area contributed by atoms with E-state index in [2.05, 4.69) is 15.3 Å². The van der Waals surface area contributed by atoms with Crippen molar-refractivity contribution in [3.8, 4) is 0 Å². The Labute approximate surface area is 147 Å². The second-order valence-corrected chi connectivity index (χ2v) is 6.36. The number of hydrogen-bond donors (Lipinski definition) is 1. The molecular formula is C18H23N5O2. The summed E-state index contributed by atoms with van der Waals surface area (Å²) < 4.78 is 0. The van der Waals surface area contributed by atoms with Crippen molar-refractivity contribution in [2.24, 2.45) is 0 Å². The van der Waals surface area contributed by atoms with Crippen molar-refractivity contribution < 1.29 is 4.92 Å². The number of hydrogen-bond acceptors (Lipinski definition) is 6. The van der Waals surface area contributed by atoms with Crippen LogP contribution in [0.15, 0.2) is 30.6 Å². The van der Waals surface area contributed by atoms with Gasteiger partial charge in [-0.15, -0.1) is 0 Å². The number of rotatable bonds is 6. The second kappa shape index (κ2) is 7.46. The van der Waals surface area contributed by atoms with Crippen LogP contribution in [0, 0.1) is 17.0 Å². The van der Waals surface area contributed by atoms with Crippen molar-refractivity contribution >= 4 is 23.0 Å².